The van der Waals surface area contributed by atoms with Crippen molar-refractivity contribution in [1.82, 2.24) is 0 Å². The summed E-state index contributed by atoms with van der Waals surface area (Å²) >= 11 is 7.15. The molecule has 0 atom stereocenters. The monoisotopic (exact) mass is 446 g/mol. The molecule has 3 aromatic carbocycles. The van der Waals surface area contributed by atoms with Crippen LogP contribution in [0.3, 0.4) is 0 Å². The Morgan fingerprint density at radius 1 is 0.966 bits per heavy atom. The summed E-state index contributed by atoms with van der Waals surface area (Å²) in [5.41, 5.74) is 1.26. The molecule has 0 heterocycles. The number of benzene rings is 3. The SMILES string of the molecule is CN(c1ccccc1)S(=O)(=O)c1ccc(SCC(=O)Nc2ccc(Cl)cc2)cc1. The van der Waals surface area contributed by atoms with E-state index in [1.807, 2.05) is 6.07 Å². The molecule has 0 saturated carbocycles. The van der Waals surface area contributed by atoms with Crippen LogP contribution < -0.4 is 9.62 Å². The minimum Gasteiger partial charge on any atom is -0.325 e. The molecule has 0 aromatic heterocycles. The van der Waals surface area contributed by atoms with Crippen LogP contribution in [0.1, 0.15) is 0 Å². The summed E-state index contributed by atoms with van der Waals surface area (Å²) in [5, 5.41) is 3.39. The number of carbonyl (C=O) groups is 1. The van der Waals surface area contributed by atoms with E-state index < -0.39 is 10.0 Å². The first kappa shape index (κ1) is 21.2. The molecule has 1 N–H and O–H groups in total. The van der Waals surface area contributed by atoms with Crippen molar-refractivity contribution in [2.75, 3.05) is 22.4 Å². The molecule has 0 fully saturated rings. The van der Waals surface area contributed by atoms with Gasteiger partial charge in [0, 0.05) is 22.7 Å². The molecule has 0 aliphatic heterocycles. The predicted octanol–water partition coefficient (Wildman–Crippen LogP) is 4.90. The van der Waals surface area contributed by atoms with Crippen LogP contribution in [0.5, 0.6) is 0 Å². The lowest BCUT2D eigenvalue weighted by atomic mass is 10.3. The third-order valence-corrected chi connectivity index (χ3v) is 7.16. The highest BCUT2D eigenvalue weighted by Gasteiger charge is 2.21. The van der Waals surface area contributed by atoms with Crippen LogP contribution in [0, 0.1) is 0 Å². The summed E-state index contributed by atoms with van der Waals surface area (Å²) in [5.74, 6) is 0.0522. The maximum absolute atomic E-state index is 12.8. The molecule has 0 radical (unpaired) electrons. The van der Waals surface area contributed by atoms with Crippen molar-refractivity contribution >= 4 is 50.7 Å². The molecular weight excluding hydrogens is 428 g/mol. The molecule has 0 spiro atoms. The van der Waals surface area contributed by atoms with E-state index in [1.54, 1.807) is 72.8 Å². The van der Waals surface area contributed by atoms with Crippen LogP contribution in [0.2, 0.25) is 5.02 Å². The number of rotatable bonds is 7. The van der Waals surface area contributed by atoms with Gasteiger partial charge in [0.1, 0.15) is 0 Å². The van der Waals surface area contributed by atoms with Gasteiger partial charge in [0.15, 0.2) is 0 Å². The van der Waals surface area contributed by atoms with E-state index in [0.29, 0.717) is 16.4 Å². The van der Waals surface area contributed by atoms with E-state index in [4.69, 9.17) is 11.6 Å². The molecule has 0 aliphatic rings. The van der Waals surface area contributed by atoms with Crippen molar-refractivity contribution in [2.24, 2.45) is 0 Å². The highest BCUT2D eigenvalue weighted by atomic mass is 35.5. The zero-order chi connectivity index (χ0) is 20.9. The number of para-hydroxylation sites is 1. The first-order chi connectivity index (χ1) is 13.9. The topological polar surface area (TPSA) is 66.5 Å². The van der Waals surface area contributed by atoms with Gasteiger partial charge in [-0.1, -0.05) is 29.8 Å². The maximum atomic E-state index is 12.8. The summed E-state index contributed by atoms with van der Waals surface area (Å²) in [7, 11) is -2.13. The van der Waals surface area contributed by atoms with Crippen LogP contribution in [0.25, 0.3) is 0 Å². The van der Waals surface area contributed by atoms with Gasteiger partial charge in [-0.25, -0.2) is 8.42 Å². The fraction of sp³-hybridized carbons (Fsp3) is 0.0952. The third kappa shape index (κ3) is 5.53. The molecule has 0 saturated heterocycles. The lowest BCUT2D eigenvalue weighted by molar-refractivity contribution is -0.113. The smallest absolute Gasteiger partial charge is 0.264 e. The Morgan fingerprint density at radius 2 is 1.59 bits per heavy atom. The van der Waals surface area contributed by atoms with E-state index in [1.165, 1.54) is 23.1 Å². The molecule has 5 nitrogen and oxygen atoms in total. The second-order valence-corrected chi connectivity index (χ2v) is 9.58. The molecular formula is C21H19ClN2O3S2. The highest BCUT2D eigenvalue weighted by molar-refractivity contribution is 8.00. The molecule has 1 amide bonds. The standard InChI is InChI=1S/C21H19ClN2O3S2/c1-24(18-5-3-2-4-6-18)29(26,27)20-13-11-19(12-14-20)28-15-21(25)23-17-9-7-16(22)8-10-17/h2-14H,15H2,1H3,(H,23,25). The Kier molecular flexibility index (Phi) is 6.84. The number of hydrogen-bond acceptors (Lipinski definition) is 4. The fourth-order valence-electron chi connectivity index (χ4n) is 2.52. The van der Waals surface area contributed by atoms with Crippen LogP contribution in [0.15, 0.2) is 88.7 Å². The van der Waals surface area contributed by atoms with Gasteiger partial charge in [-0.2, -0.15) is 0 Å². The quantitative estimate of drug-likeness (QED) is 0.524. The first-order valence-corrected chi connectivity index (χ1v) is 11.5. The van der Waals surface area contributed by atoms with Gasteiger partial charge in [0.25, 0.3) is 10.0 Å². The summed E-state index contributed by atoms with van der Waals surface area (Å²) in [6.07, 6.45) is 0. The average Bonchev–Trinajstić information content (AvgIpc) is 2.74. The van der Waals surface area contributed by atoms with Crippen LogP contribution >= 0.6 is 23.4 Å². The van der Waals surface area contributed by atoms with Gasteiger partial charge in [-0.15, -0.1) is 11.8 Å². The lowest BCUT2D eigenvalue weighted by Crippen LogP contribution is -2.26. The summed E-state index contributed by atoms with van der Waals surface area (Å²) in [4.78, 5) is 13.1. The molecule has 3 aromatic rings. The second-order valence-electron chi connectivity index (χ2n) is 6.12. The number of carbonyl (C=O) groups excluding carboxylic acids is 1. The molecule has 8 heteroatoms. The lowest BCUT2D eigenvalue weighted by Gasteiger charge is -2.19. The van der Waals surface area contributed by atoms with Crippen LogP contribution in [-0.2, 0) is 14.8 Å². The van der Waals surface area contributed by atoms with Gasteiger partial charge in [0.2, 0.25) is 5.91 Å². The average molecular weight is 447 g/mol. The molecule has 3 rings (SSSR count). The fourth-order valence-corrected chi connectivity index (χ4v) is 4.54. The number of halogens is 1. The summed E-state index contributed by atoms with van der Waals surface area (Å²) in [6, 6.07) is 22.3. The van der Waals surface area contributed by atoms with Crippen molar-refractivity contribution in [3.05, 3.63) is 83.9 Å². The van der Waals surface area contributed by atoms with Gasteiger partial charge >= 0.3 is 0 Å². The van der Waals surface area contributed by atoms with Crippen molar-refractivity contribution in [1.29, 1.82) is 0 Å². The Hall–Kier alpha value is -2.48. The molecule has 29 heavy (non-hydrogen) atoms. The Morgan fingerprint density at radius 3 is 2.21 bits per heavy atom. The number of nitrogens with one attached hydrogen (secondary N) is 1. The highest BCUT2D eigenvalue weighted by Crippen LogP contribution is 2.25. The van der Waals surface area contributed by atoms with Crippen LogP contribution in [-0.4, -0.2) is 27.1 Å². The number of thioether (sulfide) groups is 1. The van der Waals surface area contributed by atoms with E-state index in [-0.39, 0.29) is 16.6 Å². The molecule has 0 aliphatic carbocycles. The number of nitrogens with zero attached hydrogens (tertiary/aromatic N) is 1. The zero-order valence-electron chi connectivity index (χ0n) is 15.6. The van der Waals surface area contributed by atoms with Crippen molar-refractivity contribution < 1.29 is 13.2 Å². The van der Waals surface area contributed by atoms with Gasteiger partial charge < -0.3 is 5.32 Å². The molecule has 0 unspecified atom stereocenters. The van der Waals surface area contributed by atoms with E-state index in [2.05, 4.69) is 5.32 Å². The Balaban J connectivity index is 1.61. The normalized spacial score (nSPS) is 11.1. The first-order valence-electron chi connectivity index (χ1n) is 8.68. The van der Waals surface area contributed by atoms with Gasteiger partial charge in [0.05, 0.1) is 16.3 Å². The zero-order valence-corrected chi connectivity index (χ0v) is 18.0. The number of hydrogen-bond donors (Lipinski definition) is 1. The Bertz CT molecular complexity index is 1070. The number of sulfonamides is 1. The van der Waals surface area contributed by atoms with E-state index in [9.17, 15) is 13.2 Å². The second kappa shape index (κ2) is 9.35. The van der Waals surface area contributed by atoms with E-state index >= 15 is 0 Å². The summed E-state index contributed by atoms with van der Waals surface area (Å²) in [6.45, 7) is 0. The third-order valence-electron chi connectivity index (χ3n) is 4.10. The minimum atomic E-state index is -3.65. The van der Waals surface area contributed by atoms with Crippen LogP contribution in [0.4, 0.5) is 11.4 Å². The van der Waals surface area contributed by atoms with Crippen molar-refractivity contribution in [3.8, 4) is 0 Å². The van der Waals surface area contributed by atoms with Crippen molar-refractivity contribution in [2.45, 2.75) is 9.79 Å². The van der Waals surface area contributed by atoms with E-state index in [0.717, 1.165) is 4.90 Å². The maximum Gasteiger partial charge on any atom is 0.264 e. The minimum absolute atomic E-state index is 0.155. The summed E-state index contributed by atoms with van der Waals surface area (Å²) < 4.78 is 26.8. The largest absolute Gasteiger partial charge is 0.325 e. The van der Waals surface area contributed by atoms with Crippen molar-refractivity contribution in [3.63, 3.8) is 0 Å². The van der Waals surface area contributed by atoms with Gasteiger partial charge in [-0.3, -0.25) is 9.10 Å². The number of anilines is 2. The predicted molar refractivity (Wildman–Crippen MR) is 119 cm³/mol. The molecule has 0 bridgehead atoms. The number of amides is 1. The Labute approximate surface area is 179 Å². The molecule has 150 valence electrons. The van der Waals surface area contributed by atoms with Gasteiger partial charge in [-0.05, 0) is 60.7 Å².